The molecule has 0 aromatic rings. The molecule has 0 saturated heterocycles. The summed E-state index contributed by atoms with van der Waals surface area (Å²) in [5, 5.41) is 14.2. The quantitative estimate of drug-likeness (QED) is 0.266. The molecular formula is C9H19N3O2. The van der Waals surface area contributed by atoms with Crippen LogP contribution in [0, 0.1) is 0 Å². The van der Waals surface area contributed by atoms with E-state index in [1.54, 1.807) is 6.92 Å². The summed E-state index contributed by atoms with van der Waals surface area (Å²) >= 11 is 0. The maximum absolute atomic E-state index is 11.3. The number of hydrogen-bond acceptors (Lipinski definition) is 3. The van der Waals surface area contributed by atoms with Gasteiger partial charge in [-0.1, -0.05) is 19.0 Å². The maximum atomic E-state index is 11.3. The van der Waals surface area contributed by atoms with Gasteiger partial charge >= 0.3 is 0 Å². The smallest absolute Gasteiger partial charge is 0.220 e. The third-order valence-corrected chi connectivity index (χ3v) is 2.27. The second-order valence-corrected chi connectivity index (χ2v) is 3.47. The van der Waals surface area contributed by atoms with Gasteiger partial charge in [-0.3, -0.25) is 4.79 Å². The molecule has 0 aliphatic heterocycles. The lowest BCUT2D eigenvalue weighted by molar-refractivity contribution is -0.122. The van der Waals surface area contributed by atoms with Crippen LogP contribution in [0.15, 0.2) is 5.16 Å². The summed E-state index contributed by atoms with van der Waals surface area (Å²) in [6.07, 6.45) is 1.81. The number of carbonyl (C=O) groups excluding carboxylic acids is 1. The van der Waals surface area contributed by atoms with Gasteiger partial charge in [-0.25, -0.2) is 0 Å². The third-order valence-electron chi connectivity index (χ3n) is 2.27. The molecule has 0 rings (SSSR count). The Morgan fingerprint density at radius 1 is 1.57 bits per heavy atom. The fourth-order valence-corrected chi connectivity index (χ4v) is 1.04. The van der Waals surface area contributed by atoms with Crippen molar-refractivity contribution in [1.29, 1.82) is 0 Å². The van der Waals surface area contributed by atoms with E-state index in [4.69, 9.17) is 10.9 Å². The molecule has 5 heteroatoms. The standard InChI is InChI=1S/C9H19N3O2/c1-4-6-7(13)11-9(3,5-2)8(10)12-14/h14H,4-6H2,1-3H3,(H2,10,12)(H,11,13). The second kappa shape index (κ2) is 5.47. The molecule has 0 radical (unpaired) electrons. The number of nitrogens with zero attached hydrogens (tertiary/aromatic N) is 1. The molecule has 0 bridgehead atoms. The number of nitrogens with two attached hydrogens (primary N) is 1. The molecular weight excluding hydrogens is 182 g/mol. The van der Waals surface area contributed by atoms with Crippen LogP contribution in [0.5, 0.6) is 0 Å². The van der Waals surface area contributed by atoms with E-state index in [1.165, 1.54) is 0 Å². The highest BCUT2D eigenvalue weighted by Gasteiger charge is 2.28. The van der Waals surface area contributed by atoms with Crippen LogP contribution in [0.2, 0.25) is 0 Å². The Kier molecular flexibility index (Phi) is 4.97. The van der Waals surface area contributed by atoms with Crippen molar-refractivity contribution in [1.82, 2.24) is 5.32 Å². The normalized spacial score (nSPS) is 16.1. The summed E-state index contributed by atoms with van der Waals surface area (Å²) in [6, 6.07) is 0. The highest BCUT2D eigenvalue weighted by atomic mass is 16.4. The summed E-state index contributed by atoms with van der Waals surface area (Å²) in [4.78, 5) is 11.3. The van der Waals surface area contributed by atoms with Crippen molar-refractivity contribution >= 4 is 11.7 Å². The van der Waals surface area contributed by atoms with Gasteiger partial charge in [0.15, 0.2) is 5.84 Å². The maximum Gasteiger partial charge on any atom is 0.220 e. The van der Waals surface area contributed by atoms with Gasteiger partial charge in [-0.2, -0.15) is 0 Å². The Balaban J connectivity index is 4.48. The van der Waals surface area contributed by atoms with E-state index in [9.17, 15) is 4.79 Å². The summed E-state index contributed by atoms with van der Waals surface area (Å²) in [7, 11) is 0. The lowest BCUT2D eigenvalue weighted by Crippen LogP contribution is -2.54. The summed E-state index contributed by atoms with van der Waals surface area (Å²) in [6.45, 7) is 5.52. The minimum absolute atomic E-state index is 0.0319. The average molecular weight is 201 g/mol. The van der Waals surface area contributed by atoms with Crippen molar-refractivity contribution in [3.8, 4) is 0 Å². The highest BCUT2D eigenvalue weighted by molar-refractivity contribution is 5.93. The van der Waals surface area contributed by atoms with E-state index < -0.39 is 5.54 Å². The van der Waals surface area contributed by atoms with E-state index in [1.807, 2.05) is 13.8 Å². The van der Waals surface area contributed by atoms with E-state index >= 15 is 0 Å². The fourth-order valence-electron chi connectivity index (χ4n) is 1.04. The minimum Gasteiger partial charge on any atom is -0.409 e. The van der Waals surface area contributed by atoms with Gasteiger partial charge in [-0.15, -0.1) is 0 Å². The van der Waals surface area contributed by atoms with Crippen LogP contribution < -0.4 is 11.1 Å². The first-order chi connectivity index (χ1) is 6.50. The SMILES string of the molecule is CCCC(=O)NC(C)(CC)/C(N)=N/O. The number of carbonyl (C=O) groups is 1. The molecule has 82 valence electrons. The molecule has 1 unspecified atom stereocenters. The molecule has 14 heavy (non-hydrogen) atoms. The van der Waals surface area contributed by atoms with Crippen LogP contribution in [0.3, 0.4) is 0 Å². The van der Waals surface area contributed by atoms with Gasteiger partial charge < -0.3 is 16.3 Å². The molecule has 0 aromatic heterocycles. The van der Waals surface area contributed by atoms with Crippen molar-refractivity contribution in [3.05, 3.63) is 0 Å². The lowest BCUT2D eigenvalue weighted by atomic mass is 9.97. The highest BCUT2D eigenvalue weighted by Crippen LogP contribution is 2.09. The molecule has 0 saturated carbocycles. The minimum atomic E-state index is -0.749. The van der Waals surface area contributed by atoms with Gasteiger partial charge in [0.2, 0.25) is 5.91 Å². The Bertz CT molecular complexity index is 228. The molecule has 1 amide bonds. The van der Waals surface area contributed by atoms with Gasteiger partial charge in [0.05, 0.1) is 5.54 Å². The van der Waals surface area contributed by atoms with Crippen LogP contribution in [0.25, 0.3) is 0 Å². The average Bonchev–Trinajstić information content (AvgIpc) is 2.16. The molecule has 0 aliphatic rings. The first kappa shape index (κ1) is 12.7. The molecule has 0 aromatic carbocycles. The molecule has 0 fully saturated rings. The first-order valence-electron chi connectivity index (χ1n) is 4.79. The molecule has 5 nitrogen and oxygen atoms in total. The van der Waals surface area contributed by atoms with Crippen LogP contribution >= 0.6 is 0 Å². The summed E-state index contributed by atoms with van der Waals surface area (Å²) in [5.74, 6) is -0.0482. The van der Waals surface area contributed by atoms with E-state index in [-0.39, 0.29) is 11.7 Å². The fraction of sp³-hybridized carbons (Fsp3) is 0.778. The van der Waals surface area contributed by atoms with E-state index in [0.29, 0.717) is 12.8 Å². The number of rotatable bonds is 5. The van der Waals surface area contributed by atoms with Gasteiger partial charge in [0, 0.05) is 6.42 Å². The predicted molar refractivity (Wildman–Crippen MR) is 55.2 cm³/mol. The van der Waals surface area contributed by atoms with Crippen LogP contribution in [0.4, 0.5) is 0 Å². The Labute approximate surface area is 84.4 Å². The predicted octanol–water partition coefficient (Wildman–Crippen LogP) is 0.818. The number of oxime groups is 1. The van der Waals surface area contributed by atoms with Crippen LogP contribution in [-0.4, -0.2) is 22.5 Å². The molecule has 4 N–H and O–H groups in total. The molecule has 0 spiro atoms. The number of hydrogen-bond donors (Lipinski definition) is 3. The van der Waals surface area contributed by atoms with Crippen LogP contribution in [0.1, 0.15) is 40.0 Å². The third kappa shape index (κ3) is 3.24. The zero-order chi connectivity index (χ0) is 11.2. The van der Waals surface area contributed by atoms with Crippen molar-refractivity contribution in [2.24, 2.45) is 10.9 Å². The molecule has 1 atom stereocenters. The van der Waals surface area contributed by atoms with Crippen molar-refractivity contribution in [2.45, 2.75) is 45.6 Å². The Morgan fingerprint density at radius 2 is 2.14 bits per heavy atom. The Hall–Kier alpha value is -1.26. The Morgan fingerprint density at radius 3 is 2.50 bits per heavy atom. The monoisotopic (exact) mass is 201 g/mol. The van der Waals surface area contributed by atoms with E-state index in [0.717, 1.165) is 6.42 Å². The number of nitrogens with one attached hydrogen (secondary N) is 1. The number of amides is 1. The first-order valence-corrected chi connectivity index (χ1v) is 4.79. The molecule has 0 heterocycles. The van der Waals surface area contributed by atoms with Crippen molar-refractivity contribution in [3.63, 3.8) is 0 Å². The summed E-state index contributed by atoms with van der Waals surface area (Å²) in [5.41, 5.74) is 4.74. The zero-order valence-corrected chi connectivity index (χ0v) is 9.00. The number of amidine groups is 1. The molecule has 0 aliphatic carbocycles. The summed E-state index contributed by atoms with van der Waals surface area (Å²) < 4.78 is 0. The van der Waals surface area contributed by atoms with Crippen LogP contribution in [-0.2, 0) is 4.79 Å². The largest absolute Gasteiger partial charge is 0.409 e. The second-order valence-electron chi connectivity index (χ2n) is 3.47. The van der Waals surface area contributed by atoms with Gasteiger partial charge in [-0.05, 0) is 19.8 Å². The van der Waals surface area contributed by atoms with Crippen molar-refractivity contribution in [2.75, 3.05) is 0 Å². The topological polar surface area (TPSA) is 87.7 Å². The van der Waals surface area contributed by atoms with Crippen molar-refractivity contribution < 1.29 is 10.0 Å². The van der Waals surface area contributed by atoms with E-state index in [2.05, 4.69) is 10.5 Å². The van der Waals surface area contributed by atoms with Gasteiger partial charge in [0.1, 0.15) is 0 Å². The van der Waals surface area contributed by atoms with Gasteiger partial charge in [0.25, 0.3) is 0 Å². The lowest BCUT2D eigenvalue weighted by Gasteiger charge is -2.27. The zero-order valence-electron chi connectivity index (χ0n) is 9.00.